The summed E-state index contributed by atoms with van der Waals surface area (Å²) in [6.07, 6.45) is 0. The Kier molecular flexibility index (Phi) is 10.6. The number of thiophene rings is 2. The molecule has 0 fully saturated rings. The molecule has 3 aromatic heterocycles. The highest BCUT2D eigenvalue weighted by atomic mass is 32.1. The predicted molar refractivity (Wildman–Crippen MR) is 337 cm³/mol. The number of aromatic nitrogens is 1. The number of benzene rings is 8. The summed E-state index contributed by atoms with van der Waals surface area (Å²) in [5.41, 5.74) is 21.6. The van der Waals surface area contributed by atoms with E-state index in [9.17, 15) is 0 Å². The maximum Gasteiger partial charge on any atom is 0.252 e. The molecule has 11 aromatic rings. The zero-order chi connectivity index (χ0) is 53.3. The summed E-state index contributed by atoms with van der Waals surface area (Å²) in [7, 11) is 6.90. The quantitative estimate of drug-likeness (QED) is 0.126. The molecule has 0 atom stereocenters. The topological polar surface area (TPSA) is 11.4 Å². The molecule has 0 saturated heterocycles. The lowest BCUT2D eigenvalue weighted by atomic mass is 9.33. The van der Waals surface area contributed by atoms with E-state index < -0.39 is 0 Å². The van der Waals surface area contributed by atoms with Gasteiger partial charge in [-0.25, -0.2) is 0 Å². The van der Waals surface area contributed by atoms with Crippen LogP contribution in [0.2, 0.25) is 0 Å². The van der Waals surface area contributed by atoms with Gasteiger partial charge in [-0.1, -0.05) is 162 Å². The van der Waals surface area contributed by atoms with Gasteiger partial charge >= 0.3 is 0 Å². The molecular formula is C69H70BN4S2+. The van der Waals surface area contributed by atoms with Crippen LogP contribution in [0.1, 0.15) is 105 Å². The third-order valence-corrected chi connectivity index (χ3v) is 19.0. The van der Waals surface area contributed by atoms with E-state index >= 15 is 0 Å². The van der Waals surface area contributed by atoms with E-state index in [0.717, 1.165) is 17.1 Å². The van der Waals surface area contributed by atoms with Gasteiger partial charge in [0.1, 0.15) is 5.69 Å². The fraction of sp³-hybridized carbons (Fsp3) is 0.275. The number of anilines is 6. The second-order valence-corrected chi connectivity index (χ2v) is 29.0. The van der Waals surface area contributed by atoms with Crippen molar-refractivity contribution in [3.8, 4) is 5.69 Å². The van der Waals surface area contributed by atoms with Crippen LogP contribution in [0.25, 0.3) is 57.1 Å². The van der Waals surface area contributed by atoms with Crippen molar-refractivity contribution in [2.45, 2.75) is 105 Å². The van der Waals surface area contributed by atoms with E-state index in [-0.39, 0.29) is 28.4 Å². The van der Waals surface area contributed by atoms with Crippen LogP contribution in [0.5, 0.6) is 0 Å². The van der Waals surface area contributed by atoms with Crippen LogP contribution < -0.4 is 30.7 Å². The first-order valence-corrected chi connectivity index (χ1v) is 28.9. The van der Waals surface area contributed by atoms with Crippen molar-refractivity contribution < 1.29 is 0 Å². The fourth-order valence-corrected chi connectivity index (χ4v) is 14.7. The van der Waals surface area contributed by atoms with Gasteiger partial charge in [0.15, 0.2) is 0 Å². The Morgan fingerprint density at radius 3 is 1.63 bits per heavy atom. The average Bonchev–Trinajstić information content (AvgIpc) is 4.22. The van der Waals surface area contributed by atoms with Crippen molar-refractivity contribution in [1.82, 2.24) is 9.05 Å². The van der Waals surface area contributed by atoms with E-state index in [0.29, 0.717) is 4.48 Å². The molecule has 2 aliphatic heterocycles. The van der Waals surface area contributed by atoms with Crippen molar-refractivity contribution in [1.29, 1.82) is 0 Å². The SMILES string of the molecule is CC(C)(C)c1ccc(N(c2ccc(C(C)(C)C)cc2)c2cc3c4c(c2)-n2c5c(cc(C(C)(C)C)cc5c5sc6ccccc6c52)B4c2ccc([N+](C)(C)C)cc2N3c2cccc3c2sc2cc(C(C)(C)C)ccc23)cc1. The van der Waals surface area contributed by atoms with Gasteiger partial charge in [-0.05, 0) is 127 Å². The lowest BCUT2D eigenvalue weighted by molar-refractivity contribution is 0.486. The highest BCUT2D eigenvalue weighted by Crippen LogP contribution is 2.52. The van der Waals surface area contributed by atoms with Crippen LogP contribution in [-0.2, 0) is 21.7 Å². The Labute approximate surface area is 458 Å². The highest BCUT2D eigenvalue weighted by Gasteiger charge is 2.45. The standard InChI is InChI=1S/C69H70BN4S2/c1-66(2,3)41-23-28-45(29-24-41)71(46-30-25-42(26-31-46)67(4,5)6)47-38-57-61-58(39-47)73-62-52(65-63(73)51-19-16-17-22-59(51)75-65)35-44(69(10,11)12)36-54(62)70(61)53-34-32-48(74(13,14)15)40-56(53)72(57)55-21-18-20-50-49-33-27-43(68(7,8)9)37-60(49)76-64(50)55/h16-40H,1-15H3/q+1. The smallest absolute Gasteiger partial charge is 0.252 e. The molecule has 5 heterocycles. The largest absolute Gasteiger partial charge is 0.310 e. The number of hydrogen-bond donors (Lipinski definition) is 0. The number of hydrogen-bond acceptors (Lipinski definition) is 4. The molecule has 4 nitrogen and oxygen atoms in total. The van der Waals surface area contributed by atoms with Crippen molar-refractivity contribution in [2.75, 3.05) is 30.9 Å². The van der Waals surface area contributed by atoms with Crippen LogP contribution in [0.15, 0.2) is 152 Å². The van der Waals surface area contributed by atoms with Gasteiger partial charge in [0, 0.05) is 65.4 Å². The zero-order valence-corrected chi connectivity index (χ0v) is 48.7. The van der Waals surface area contributed by atoms with E-state index in [2.05, 4.69) is 270 Å². The first-order valence-electron chi connectivity index (χ1n) is 27.3. The van der Waals surface area contributed by atoms with Gasteiger partial charge in [-0.3, -0.25) is 4.48 Å². The van der Waals surface area contributed by atoms with Crippen LogP contribution in [-0.4, -0.2) is 32.4 Å². The maximum atomic E-state index is 2.70. The Morgan fingerprint density at radius 2 is 1.00 bits per heavy atom. The molecule has 0 amide bonds. The van der Waals surface area contributed by atoms with E-state index in [1.807, 2.05) is 22.7 Å². The number of fused-ring (bicyclic) bond motifs is 12. The molecule has 0 radical (unpaired) electrons. The Morgan fingerprint density at radius 1 is 0.408 bits per heavy atom. The van der Waals surface area contributed by atoms with E-state index in [1.54, 1.807) is 0 Å². The second-order valence-electron chi connectivity index (χ2n) is 26.9. The minimum atomic E-state index is -0.0743. The van der Waals surface area contributed by atoms with Gasteiger partial charge in [0.25, 0.3) is 6.71 Å². The molecule has 0 bridgehead atoms. The summed E-state index contributed by atoms with van der Waals surface area (Å²) >= 11 is 3.89. The minimum Gasteiger partial charge on any atom is -0.310 e. The second kappa shape index (κ2) is 16.4. The maximum absolute atomic E-state index is 2.70. The van der Waals surface area contributed by atoms with Crippen molar-refractivity contribution in [2.24, 2.45) is 0 Å². The molecule has 0 N–H and O–H groups in total. The first-order chi connectivity index (χ1) is 35.8. The summed E-state index contributed by atoms with van der Waals surface area (Å²) in [5.74, 6) is 0. The molecule has 13 rings (SSSR count). The fourth-order valence-electron chi connectivity index (χ4n) is 12.3. The first kappa shape index (κ1) is 49.0. The Balaban J connectivity index is 1.21. The summed E-state index contributed by atoms with van der Waals surface area (Å²) < 4.78 is 8.70. The molecule has 76 heavy (non-hydrogen) atoms. The molecule has 7 heteroatoms. The third-order valence-electron chi connectivity index (χ3n) is 16.6. The van der Waals surface area contributed by atoms with Gasteiger partial charge < -0.3 is 14.4 Å². The average molecular weight is 1030 g/mol. The van der Waals surface area contributed by atoms with Gasteiger partial charge in [0.2, 0.25) is 0 Å². The summed E-state index contributed by atoms with van der Waals surface area (Å²) in [4.78, 5) is 5.21. The molecule has 380 valence electrons. The third kappa shape index (κ3) is 7.54. The van der Waals surface area contributed by atoms with Crippen molar-refractivity contribution in [3.63, 3.8) is 0 Å². The van der Waals surface area contributed by atoms with Crippen LogP contribution in [0.3, 0.4) is 0 Å². The lowest BCUT2D eigenvalue weighted by Gasteiger charge is -2.42. The Hall–Kier alpha value is -6.64. The van der Waals surface area contributed by atoms with E-state index in [4.69, 9.17) is 0 Å². The molecule has 0 saturated carbocycles. The molecule has 0 spiro atoms. The highest BCUT2D eigenvalue weighted by molar-refractivity contribution is 7.27. The Bertz CT molecular complexity index is 4130. The number of rotatable bonds is 5. The van der Waals surface area contributed by atoms with Gasteiger partial charge in [-0.2, -0.15) is 0 Å². The molecule has 0 aliphatic carbocycles. The number of nitrogens with zero attached hydrogens (tertiary/aromatic N) is 4. The predicted octanol–water partition coefficient (Wildman–Crippen LogP) is 17.8. The summed E-state index contributed by atoms with van der Waals surface area (Å²) in [6, 6.07) is 59.7. The summed E-state index contributed by atoms with van der Waals surface area (Å²) in [5, 5.41) is 5.26. The van der Waals surface area contributed by atoms with E-state index in [1.165, 1.54) is 118 Å². The molecule has 2 aliphatic rings. The van der Waals surface area contributed by atoms with Crippen LogP contribution in [0.4, 0.5) is 39.8 Å². The number of quaternary nitrogens is 1. The molecule has 0 unspecified atom stereocenters. The van der Waals surface area contributed by atoms with Crippen molar-refractivity contribution >= 4 is 137 Å². The lowest BCUT2D eigenvalue weighted by Crippen LogP contribution is -2.60. The van der Waals surface area contributed by atoms with Crippen LogP contribution >= 0.6 is 22.7 Å². The van der Waals surface area contributed by atoms with Gasteiger partial charge in [-0.15, -0.1) is 22.7 Å². The normalized spacial score (nSPS) is 13.9. The van der Waals surface area contributed by atoms with Gasteiger partial charge in [0.05, 0.1) is 53.0 Å². The molecular weight excluding hydrogens is 960 g/mol. The monoisotopic (exact) mass is 1030 g/mol. The van der Waals surface area contributed by atoms with Crippen molar-refractivity contribution in [3.05, 3.63) is 174 Å². The molecule has 8 aromatic carbocycles. The minimum absolute atomic E-state index is 0.0118. The zero-order valence-electron chi connectivity index (χ0n) is 47.1. The summed E-state index contributed by atoms with van der Waals surface area (Å²) in [6.45, 7) is 27.9. The van der Waals surface area contributed by atoms with Crippen LogP contribution in [0, 0.1) is 0 Å².